The summed E-state index contributed by atoms with van der Waals surface area (Å²) < 4.78 is 0. The number of carbonyl (C=O) groups excluding carboxylic acids is 2. The van der Waals surface area contributed by atoms with E-state index in [2.05, 4.69) is 20.6 Å². The topological polar surface area (TPSA) is 110 Å². The number of hydrogen-bond acceptors (Lipinski definition) is 5. The molecule has 0 saturated heterocycles. The molecule has 4 N–H and O–H groups in total. The number of aromatic nitrogens is 2. The van der Waals surface area contributed by atoms with Gasteiger partial charge in [0.15, 0.2) is 0 Å². The lowest BCUT2D eigenvalue weighted by molar-refractivity contribution is -0.115. The Morgan fingerprint density at radius 2 is 1.67 bits per heavy atom. The molecule has 136 valence electrons. The summed E-state index contributed by atoms with van der Waals surface area (Å²) in [6, 6.07) is 14.7. The molecule has 27 heavy (non-hydrogen) atoms. The van der Waals surface area contributed by atoms with E-state index >= 15 is 0 Å². The lowest BCUT2D eigenvalue weighted by Gasteiger charge is -2.11. The highest BCUT2D eigenvalue weighted by Gasteiger charge is 2.12. The largest absolute Gasteiger partial charge is 0.368 e. The SMILES string of the molecule is Cc1ccc(NC(=O)Cc2ccccc2)cc1C(=O)Nc1cnc(N)nc1. The van der Waals surface area contributed by atoms with E-state index in [-0.39, 0.29) is 24.2 Å². The van der Waals surface area contributed by atoms with Crippen LogP contribution < -0.4 is 16.4 Å². The van der Waals surface area contributed by atoms with Crippen LogP contribution in [-0.2, 0) is 11.2 Å². The summed E-state index contributed by atoms with van der Waals surface area (Å²) in [4.78, 5) is 32.4. The van der Waals surface area contributed by atoms with Gasteiger partial charge in [-0.15, -0.1) is 0 Å². The second-order valence-corrected chi connectivity index (χ2v) is 6.02. The second kappa shape index (κ2) is 8.09. The van der Waals surface area contributed by atoms with Gasteiger partial charge in [0.05, 0.1) is 24.5 Å². The van der Waals surface area contributed by atoms with Gasteiger partial charge in [0.2, 0.25) is 11.9 Å². The first kappa shape index (κ1) is 18.1. The highest BCUT2D eigenvalue weighted by molar-refractivity contribution is 6.06. The predicted octanol–water partition coefficient (Wildman–Crippen LogP) is 2.80. The third-order valence-corrected chi connectivity index (χ3v) is 3.90. The van der Waals surface area contributed by atoms with Crippen molar-refractivity contribution in [3.05, 3.63) is 77.6 Å². The maximum Gasteiger partial charge on any atom is 0.256 e. The first-order valence-electron chi connectivity index (χ1n) is 8.34. The van der Waals surface area contributed by atoms with Gasteiger partial charge >= 0.3 is 0 Å². The monoisotopic (exact) mass is 361 g/mol. The molecule has 3 aromatic rings. The minimum Gasteiger partial charge on any atom is -0.368 e. The number of nitrogens with zero attached hydrogens (tertiary/aromatic N) is 2. The highest BCUT2D eigenvalue weighted by Crippen LogP contribution is 2.17. The maximum absolute atomic E-state index is 12.5. The number of amides is 2. The molecule has 3 rings (SSSR count). The van der Waals surface area contributed by atoms with Crippen LogP contribution in [0, 0.1) is 6.92 Å². The average molecular weight is 361 g/mol. The van der Waals surface area contributed by atoms with Gasteiger partial charge in [-0.05, 0) is 30.2 Å². The van der Waals surface area contributed by atoms with Crippen LogP contribution in [0.2, 0.25) is 0 Å². The van der Waals surface area contributed by atoms with Crippen LogP contribution >= 0.6 is 0 Å². The van der Waals surface area contributed by atoms with Crippen molar-refractivity contribution in [3.63, 3.8) is 0 Å². The van der Waals surface area contributed by atoms with Gasteiger partial charge in [0.25, 0.3) is 5.91 Å². The number of nitrogen functional groups attached to an aromatic ring is 1. The summed E-state index contributed by atoms with van der Waals surface area (Å²) in [6.45, 7) is 1.82. The van der Waals surface area contributed by atoms with Crippen LogP contribution in [0.25, 0.3) is 0 Å². The van der Waals surface area contributed by atoms with Crippen molar-refractivity contribution < 1.29 is 9.59 Å². The third kappa shape index (κ3) is 4.88. The molecule has 2 amide bonds. The van der Waals surface area contributed by atoms with Crippen LogP contribution in [0.15, 0.2) is 60.9 Å². The van der Waals surface area contributed by atoms with Crippen molar-refractivity contribution in [1.29, 1.82) is 0 Å². The Balaban J connectivity index is 1.70. The minimum atomic E-state index is -0.319. The van der Waals surface area contributed by atoms with E-state index in [4.69, 9.17) is 5.73 Å². The Bertz CT molecular complexity index is 956. The average Bonchev–Trinajstić information content (AvgIpc) is 2.66. The van der Waals surface area contributed by atoms with Gasteiger partial charge in [0.1, 0.15) is 0 Å². The van der Waals surface area contributed by atoms with Gasteiger partial charge in [-0.2, -0.15) is 0 Å². The number of rotatable bonds is 5. The molecule has 0 saturated carbocycles. The molecule has 0 spiro atoms. The van der Waals surface area contributed by atoms with Crippen LogP contribution in [0.4, 0.5) is 17.3 Å². The van der Waals surface area contributed by atoms with Crippen molar-refractivity contribution in [2.45, 2.75) is 13.3 Å². The summed E-state index contributed by atoms with van der Waals surface area (Å²) in [5.41, 5.74) is 8.58. The Hall–Kier alpha value is -3.74. The Morgan fingerprint density at radius 3 is 2.37 bits per heavy atom. The number of aryl methyl sites for hydroxylation is 1. The lowest BCUT2D eigenvalue weighted by Crippen LogP contribution is -2.17. The van der Waals surface area contributed by atoms with Crippen molar-refractivity contribution in [2.75, 3.05) is 16.4 Å². The number of nitrogens with two attached hydrogens (primary N) is 1. The van der Waals surface area contributed by atoms with E-state index < -0.39 is 0 Å². The van der Waals surface area contributed by atoms with E-state index in [1.807, 2.05) is 37.3 Å². The first-order chi connectivity index (χ1) is 13.0. The molecule has 0 fully saturated rings. The van der Waals surface area contributed by atoms with Crippen molar-refractivity contribution >= 4 is 29.1 Å². The van der Waals surface area contributed by atoms with E-state index in [1.54, 1.807) is 18.2 Å². The Kier molecular flexibility index (Phi) is 5.41. The van der Waals surface area contributed by atoms with Gasteiger partial charge < -0.3 is 16.4 Å². The first-order valence-corrected chi connectivity index (χ1v) is 8.34. The van der Waals surface area contributed by atoms with Crippen LogP contribution in [0.5, 0.6) is 0 Å². The molecule has 7 nitrogen and oxygen atoms in total. The van der Waals surface area contributed by atoms with E-state index in [1.165, 1.54) is 12.4 Å². The van der Waals surface area contributed by atoms with Crippen LogP contribution in [-0.4, -0.2) is 21.8 Å². The van der Waals surface area contributed by atoms with Gasteiger partial charge in [-0.1, -0.05) is 36.4 Å². The number of carbonyl (C=O) groups is 2. The standard InChI is InChI=1S/C20H19N5O2/c1-13-7-8-15(24-18(26)9-14-5-3-2-4-6-14)10-17(13)19(27)25-16-11-22-20(21)23-12-16/h2-8,10-12H,9H2,1H3,(H,24,26)(H,25,27)(H2,21,22,23). The number of nitrogens with one attached hydrogen (secondary N) is 2. The van der Waals surface area contributed by atoms with Gasteiger partial charge in [-0.3, -0.25) is 9.59 Å². The molecule has 2 aromatic carbocycles. The smallest absolute Gasteiger partial charge is 0.256 e. The molecule has 7 heteroatoms. The molecule has 0 aliphatic heterocycles. The van der Waals surface area contributed by atoms with Crippen molar-refractivity contribution in [3.8, 4) is 0 Å². The number of benzene rings is 2. The molecule has 0 aliphatic rings. The minimum absolute atomic E-state index is 0.132. The Labute approximate surface area is 156 Å². The van der Waals surface area contributed by atoms with Crippen LogP contribution in [0.1, 0.15) is 21.5 Å². The molecule has 0 radical (unpaired) electrons. The van der Waals surface area contributed by atoms with E-state index in [9.17, 15) is 9.59 Å². The molecular weight excluding hydrogens is 342 g/mol. The fraction of sp³-hybridized carbons (Fsp3) is 0.100. The zero-order valence-electron chi connectivity index (χ0n) is 14.8. The number of hydrogen-bond donors (Lipinski definition) is 3. The molecule has 0 aliphatic carbocycles. The highest BCUT2D eigenvalue weighted by atomic mass is 16.2. The van der Waals surface area contributed by atoms with Crippen molar-refractivity contribution in [1.82, 2.24) is 9.97 Å². The van der Waals surface area contributed by atoms with Gasteiger partial charge in [0, 0.05) is 11.3 Å². The van der Waals surface area contributed by atoms with E-state index in [0.717, 1.165) is 11.1 Å². The molecule has 0 unspecified atom stereocenters. The van der Waals surface area contributed by atoms with Gasteiger partial charge in [-0.25, -0.2) is 9.97 Å². The summed E-state index contributed by atoms with van der Waals surface area (Å²) >= 11 is 0. The normalized spacial score (nSPS) is 10.3. The molecule has 0 atom stereocenters. The maximum atomic E-state index is 12.5. The molecular formula is C20H19N5O2. The van der Waals surface area contributed by atoms with Crippen molar-refractivity contribution in [2.24, 2.45) is 0 Å². The summed E-state index contributed by atoms with van der Waals surface area (Å²) in [5.74, 6) is -0.337. The van der Waals surface area contributed by atoms with Crippen LogP contribution in [0.3, 0.4) is 0 Å². The Morgan fingerprint density at radius 1 is 0.963 bits per heavy atom. The lowest BCUT2D eigenvalue weighted by atomic mass is 10.1. The third-order valence-electron chi connectivity index (χ3n) is 3.90. The summed E-state index contributed by atoms with van der Waals surface area (Å²) in [5, 5.41) is 5.54. The predicted molar refractivity (Wildman–Crippen MR) is 104 cm³/mol. The second-order valence-electron chi connectivity index (χ2n) is 6.02. The zero-order valence-corrected chi connectivity index (χ0v) is 14.8. The number of anilines is 3. The fourth-order valence-corrected chi connectivity index (χ4v) is 2.53. The zero-order chi connectivity index (χ0) is 19.2. The molecule has 1 aromatic heterocycles. The quantitative estimate of drug-likeness (QED) is 0.647. The summed E-state index contributed by atoms with van der Waals surface area (Å²) in [7, 11) is 0. The molecule has 0 bridgehead atoms. The molecule has 1 heterocycles. The fourth-order valence-electron chi connectivity index (χ4n) is 2.53. The summed E-state index contributed by atoms with van der Waals surface area (Å²) in [6.07, 6.45) is 3.13. The van der Waals surface area contributed by atoms with E-state index in [0.29, 0.717) is 16.9 Å².